The van der Waals surface area contributed by atoms with Crippen molar-refractivity contribution in [2.45, 2.75) is 52.4 Å². The van der Waals surface area contributed by atoms with Crippen LogP contribution in [0.1, 0.15) is 56.6 Å². The highest BCUT2D eigenvalue weighted by Gasteiger charge is 2.01. The molecule has 0 bridgehead atoms. The maximum absolute atomic E-state index is 8.78. The lowest BCUT2D eigenvalue weighted by atomic mass is 10.1. The van der Waals surface area contributed by atoms with E-state index in [-0.39, 0.29) is 6.61 Å². The molecule has 0 spiro atoms. The fourth-order valence-electron chi connectivity index (χ4n) is 1.97. The van der Waals surface area contributed by atoms with Crippen molar-refractivity contribution in [2.24, 2.45) is 0 Å². The minimum Gasteiger partial charge on any atom is -0.492 e. The van der Waals surface area contributed by atoms with Gasteiger partial charge in [-0.2, -0.15) is 0 Å². The van der Waals surface area contributed by atoms with Gasteiger partial charge >= 0.3 is 0 Å². The molecule has 0 atom stereocenters. The van der Waals surface area contributed by atoms with Gasteiger partial charge in [-0.1, -0.05) is 50.5 Å². The minimum atomic E-state index is 0.104. The van der Waals surface area contributed by atoms with Crippen molar-refractivity contribution in [3.63, 3.8) is 0 Å². The van der Waals surface area contributed by atoms with Crippen LogP contribution >= 0.6 is 0 Å². The van der Waals surface area contributed by atoms with Gasteiger partial charge in [-0.3, -0.25) is 0 Å². The molecule has 2 nitrogen and oxygen atoms in total. The largest absolute Gasteiger partial charge is 0.492 e. The van der Waals surface area contributed by atoms with E-state index in [4.69, 9.17) is 9.84 Å². The number of hydrogen-bond donors (Lipinski definition) is 1. The number of unbranched alkanes of at least 4 members (excludes halogenated alkanes) is 4. The van der Waals surface area contributed by atoms with Gasteiger partial charge in [0, 0.05) is 6.42 Å². The lowest BCUT2D eigenvalue weighted by molar-refractivity contribution is 0.303. The van der Waals surface area contributed by atoms with E-state index >= 15 is 0 Å². The number of aliphatic hydroxyl groups is 1. The van der Waals surface area contributed by atoms with E-state index in [0.29, 0.717) is 6.42 Å². The van der Waals surface area contributed by atoms with Gasteiger partial charge in [0.1, 0.15) is 5.75 Å². The summed E-state index contributed by atoms with van der Waals surface area (Å²) in [6.45, 7) is 5.12. The molecule has 1 N–H and O–H groups in total. The number of rotatable bonds is 8. The third kappa shape index (κ3) is 6.63. The predicted molar refractivity (Wildman–Crippen MR) is 84.0 cm³/mol. The highest BCUT2D eigenvalue weighted by Crippen LogP contribution is 2.19. The lowest BCUT2D eigenvalue weighted by Crippen LogP contribution is -1.99. The van der Waals surface area contributed by atoms with E-state index in [1.54, 1.807) is 0 Å². The molecule has 0 saturated carbocycles. The first-order chi connectivity index (χ1) is 9.77. The Hall–Kier alpha value is -1.46. The van der Waals surface area contributed by atoms with Gasteiger partial charge in [0.25, 0.3) is 0 Å². The van der Waals surface area contributed by atoms with Crippen molar-refractivity contribution in [2.75, 3.05) is 13.2 Å². The summed E-state index contributed by atoms with van der Waals surface area (Å²) in [6.07, 6.45) is 6.69. The summed E-state index contributed by atoms with van der Waals surface area (Å²) in [7, 11) is 0. The fourth-order valence-corrected chi connectivity index (χ4v) is 1.97. The first-order valence-electron chi connectivity index (χ1n) is 7.61. The SMILES string of the molecule is CCCCCCCOc1ccc(C)cc1C#CCCO. The molecule has 110 valence electrons. The van der Waals surface area contributed by atoms with Crippen molar-refractivity contribution in [3.05, 3.63) is 29.3 Å². The summed E-state index contributed by atoms with van der Waals surface area (Å²) in [4.78, 5) is 0. The molecule has 1 aromatic rings. The molecule has 0 amide bonds. The Balaban J connectivity index is 2.50. The van der Waals surface area contributed by atoms with Crippen LogP contribution in [-0.2, 0) is 0 Å². The van der Waals surface area contributed by atoms with Gasteiger partial charge in [-0.25, -0.2) is 0 Å². The molecule has 0 radical (unpaired) electrons. The van der Waals surface area contributed by atoms with Crippen molar-refractivity contribution in [1.29, 1.82) is 0 Å². The predicted octanol–water partition coefficient (Wildman–Crippen LogP) is 4.08. The smallest absolute Gasteiger partial charge is 0.134 e. The number of aryl methyl sites for hydroxylation is 1. The van der Waals surface area contributed by atoms with Crippen LogP contribution in [0, 0.1) is 18.8 Å². The van der Waals surface area contributed by atoms with Crippen LogP contribution in [0.15, 0.2) is 18.2 Å². The van der Waals surface area contributed by atoms with Crippen LogP contribution in [-0.4, -0.2) is 18.3 Å². The Morgan fingerprint density at radius 3 is 2.70 bits per heavy atom. The van der Waals surface area contributed by atoms with Crippen LogP contribution < -0.4 is 4.74 Å². The zero-order valence-corrected chi connectivity index (χ0v) is 12.7. The summed E-state index contributed by atoms with van der Waals surface area (Å²) in [5.74, 6) is 6.90. The zero-order valence-electron chi connectivity index (χ0n) is 12.7. The van der Waals surface area contributed by atoms with E-state index in [2.05, 4.69) is 18.8 Å². The van der Waals surface area contributed by atoms with Gasteiger partial charge in [0.15, 0.2) is 0 Å². The fraction of sp³-hybridized carbons (Fsp3) is 0.556. The quantitative estimate of drug-likeness (QED) is 0.572. The minimum absolute atomic E-state index is 0.104. The second-order valence-corrected chi connectivity index (χ2v) is 5.04. The molecule has 1 rings (SSSR count). The monoisotopic (exact) mass is 274 g/mol. The van der Waals surface area contributed by atoms with E-state index in [9.17, 15) is 0 Å². The van der Waals surface area contributed by atoms with E-state index in [1.807, 2.05) is 25.1 Å². The number of ether oxygens (including phenoxy) is 1. The topological polar surface area (TPSA) is 29.5 Å². The molecule has 0 aliphatic heterocycles. The van der Waals surface area contributed by atoms with Gasteiger partial charge < -0.3 is 9.84 Å². The zero-order chi connectivity index (χ0) is 14.6. The maximum atomic E-state index is 8.78. The molecule has 0 unspecified atom stereocenters. The summed E-state index contributed by atoms with van der Waals surface area (Å²) < 4.78 is 5.84. The Morgan fingerprint density at radius 1 is 1.15 bits per heavy atom. The van der Waals surface area contributed by atoms with Gasteiger partial charge in [-0.15, -0.1) is 0 Å². The van der Waals surface area contributed by atoms with Gasteiger partial charge in [-0.05, 0) is 31.0 Å². The number of hydrogen-bond acceptors (Lipinski definition) is 2. The average molecular weight is 274 g/mol. The second-order valence-electron chi connectivity index (χ2n) is 5.04. The normalized spacial score (nSPS) is 9.95. The Bertz CT molecular complexity index is 440. The van der Waals surface area contributed by atoms with Gasteiger partial charge in [0.2, 0.25) is 0 Å². The second kappa shape index (κ2) is 10.3. The van der Waals surface area contributed by atoms with Crippen LogP contribution in [0.5, 0.6) is 5.75 Å². The molecule has 0 heterocycles. The molecule has 1 aromatic carbocycles. The Labute approximate surface area is 123 Å². The molecule has 2 heteroatoms. The number of benzene rings is 1. The standard InChI is InChI=1S/C18H26O2/c1-3-4-5-6-9-14-20-18-12-11-16(2)15-17(18)10-7-8-13-19/h11-12,15,19H,3-6,8-9,13-14H2,1-2H3. The third-order valence-corrected chi connectivity index (χ3v) is 3.10. The molecule has 0 aliphatic rings. The van der Waals surface area contributed by atoms with Crippen LogP contribution in [0.2, 0.25) is 0 Å². The highest BCUT2D eigenvalue weighted by molar-refractivity contribution is 5.48. The van der Waals surface area contributed by atoms with E-state index in [1.165, 1.54) is 31.2 Å². The summed E-state index contributed by atoms with van der Waals surface area (Å²) in [5, 5.41) is 8.78. The molecule has 0 aromatic heterocycles. The molecule has 20 heavy (non-hydrogen) atoms. The molecule has 0 aliphatic carbocycles. The molecule has 0 saturated heterocycles. The summed E-state index contributed by atoms with van der Waals surface area (Å²) in [5.41, 5.74) is 2.10. The number of aliphatic hydroxyl groups excluding tert-OH is 1. The van der Waals surface area contributed by atoms with Crippen molar-refractivity contribution in [1.82, 2.24) is 0 Å². The van der Waals surface area contributed by atoms with Crippen molar-refractivity contribution in [3.8, 4) is 17.6 Å². The van der Waals surface area contributed by atoms with Gasteiger partial charge in [0.05, 0.1) is 18.8 Å². The first-order valence-corrected chi connectivity index (χ1v) is 7.61. The Kier molecular flexibility index (Phi) is 8.58. The van der Waals surface area contributed by atoms with E-state index < -0.39 is 0 Å². The van der Waals surface area contributed by atoms with Crippen LogP contribution in [0.25, 0.3) is 0 Å². The lowest BCUT2D eigenvalue weighted by Gasteiger charge is -2.09. The maximum Gasteiger partial charge on any atom is 0.134 e. The molecular weight excluding hydrogens is 248 g/mol. The van der Waals surface area contributed by atoms with E-state index in [0.717, 1.165) is 24.3 Å². The van der Waals surface area contributed by atoms with Crippen LogP contribution in [0.3, 0.4) is 0 Å². The highest BCUT2D eigenvalue weighted by atomic mass is 16.5. The Morgan fingerprint density at radius 2 is 1.95 bits per heavy atom. The van der Waals surface area contributed by atoms with Crippen molar-refractivity contribution >= 4 is 0 Å². The third-order valence-electron chi connectivity index (χ3n) is 3.10. The summed E-state index contributed by atoms with van der Waals surface area (Å²) >= 11 is 0. The van der Waals surface area contributed by atoms with Crippen molar-refractivity contribution < 1.29 is 9.84 Å². The molecular formula is C18H26O2. The molecule has 0 fully saturated rings. The summed E-state index contributed by atoms with van der Waals surface area (Å²) in [6, 6.07) is 6.07. The first kappa shape index (κ1) is 16.6. The van der Waals surface area contributed by atoms with Crippen LogP contribution in [0.4, 0.5) is 0 Å². The average Bonchev–Trinajstić information content (AvgIpc) is 2.45.